The van der Waals surface area contributed by atoms with E-state index in [1.165, 1.54) is 7.11 Å². The monoisotopic (exact) mass is 625 g/mol. The summed E-state index contributed by atoms with van der Waals surface area (Å²) in [4.78, 5) is 37.3. The summed E-state index contributed by atoms with van der Waals surface area (Å²) in [5.74, 6) is -0.00222. The van der Waals surface area contributed by atoms with Crippen LogP contribution in [0.25, 0.3) is 10.2 Å². The second-order valence-electron chi connectivity index (χ2n) is 10.00. The van der Waals surface area contributed by atoms with Crippen molar-refractivity contribution in [3.05, 3.63) is 135 Å². The second kappa shape index (κ2) is 14.8. The summed E-state index contributed by atoms with van der Waals surface area (Å²) in [5, 5.41) is 15.7. The van der Waals surface area contributed by atoms with Crippen LogP contribution in [-0.2, 0) is 33.8 Å². The summed E-state index contributed by atoms with van der Waals surface area (Å²) in [7, 11) is 1.26. The van der Waals surface area contributed by atoms with E-state index >= 15 is 0 Å². The van der Waals surface area contributed by atoms with Crippen LogP contribution in [0.4, 0.5) is 4.79 Å². The average molecular weight is 626 g/mol. The number of oxime groups is 1. The van der Waals surface area contributed by atoms with Crippen molar-refractivity contribution in [2.24, 2.45) is 5.16 Å². The van der Waals surface area contributed by atoms with Gasteiger partial charge in [0.15, 0.2) is 0 Å². The molecule has 0 bridgehead atoms. The maximum Gasteiger partial charge on any atom is 0.408 e. The molecule has 45 heavy (non-hydrogen) atoms. The lowest BCUT2D eigenvalue weighted by molar-refractivity contribution is -0.143. The van der Waals surface area contributed by atoms with Crippen LogP contribution in [0.15, 0.2) is 113 Å². The number of amides is 1. The van der Waals surface area contributed by atoms with Gasteiger partial charge in [-0.3, -0.25) is 9.36 Å². The number of thiazole rings is 1. The maximum absolute atomic E-state index is 12.8. The number of carbonyl (C=O) groups excluding carboxylic acids is 2. The highest BCUT2D eigenvalue weighted by molar-refractivity contribution is 7.16. The maximum atomic E-state index is 12.8. The number of benzene rings is 4. The SMILES string of the molecule is COC(=O)C(Cc1ccc(OCCn2c(=O)sc3cc(/C(=N/O)c4ccccc4)ccc32)cc1)NC(=O)OCc1ccccc1. The molecule has 5 aromatic rings. The minimum atomic E-state index is -0.934. The highest BCUT2D eigenvalue weighted by Gasteiger charge is 2.23. The first-order chi connectivity index (χ1) is 21.9. The topological polar surface area (TPSA) is 128 Å². The van der Waals surface area contributed by atoms with Crippen molar-refractivity contribution < 1.29 is 29.0 Å². The van der Waals surface area contributed by atoms with Gasteiger partial charge in [-0.05, 0) is 35.4 Å². The number of rotatable bonds is 12. The van der Waals surface area contributed by atoms with Crippen LogP contribution in [0.5, 0.6) is 5.75 Å². The summed E-state index contributed by atoms with van der Waals surface area (Å²) in [6.45, 7) is 0.660. The Morgan fingerprint density at radius 3 is 2.31 bits per heavy atom. The molecule has 230 valence electrons. The van der Waals surface area contributed by atoms with Crippen LogP contribution < -0.4 is 14.9 Å². The van der Waals surface area contributed by atoms with Gasteiger partial charge in [-0.1, -0.05) is 95.4 Å². The van der Waals surface area contributed by atoms with Gasteiger partial charge in [0.2, 0.25) is 0 Å². The first-order valence-electron chi connectivity index (χ1n) is 14.1. The molecule has 0 fully saturated rings. The van der Waals surface area contributed by atoms with Gasteiger partial charge in [0.1, 0.15) is 30.7 Å². The lowest BCUT2D eigenvalue weighted by Gasteiger charge is -2.17. The van der Waals surface area contributed by atoms with E-state index in [9.17, 15) is 19.6 Å². The normalized spacial score (nSPS) is 12.0. The fourth-order valence-corrected chi connectivity index (χ4v) is 5.72. The lowest BCUT2D eigenvalue weighted by Crippen LogP contribution is -2.43. The van der Waals surface area contributed by atoms with Crippen LogP contribution >= 0.6 is 11.3 Å². The molecule has 1 unspecified atom stereocenters. The van der Waals surface area contributed by atoms with Gasteiger partial charge in [-0.2, -0.15) is 0 Å². The van der Waals surface area contributed by atoms with Crippen LogP contribution in [0, 0.1) is 0 Å². The number of carbonyl (C=O) groups is 2. The summed E-state index contributed by atoms with van der Waals surface area (Å²) in [6.07, 6.45) is -0.529. The molecular formula is C34H31N3O7S. The Balaban J connectivity index is 1.17. The summed E-state index contributed by atoms with van der Waals surface area (Å²) in [5.41, 5.74) is 4.27. The highest BCUT2D eigenvalue weighted by Crippen LogP contribution is 2.22. The van der Waals surface area contributed by atoms with Crippen molar-refractivity contribution in [2.45, 2.75) is 25.6 Å². The standard InChI is InChI=1S/C34H31N3O7S/c1-42-32(38)28(35-33(39)44-22-24-8-4-2-5-9-24)20-23-12-15-27(16-13-23)43-19-18-37-29-17-14-26(21-30(29)45-34(37)40)31(36-41)25-10-6-3-7-11-25/h2-17,21,28,41H,18-20,22H2,1H3,(H,35,39)/b36-31+. The number of aromatic nitrogens is 1. The molecule has 1 amide bonds. The zero-order chi connectivity index (χ0) is 31.6. The number of methoxy groups -OCH3 is 1. The summed E-state index contributed by atoms with van der Waals surface area (Å²) < 4.78 is 18.4. The van der Waals surface area contributed by atoms with E-state index < -0.39 is 18.1 Å². The van der Waals surface area contributed by atoms with E-state index in [-0.39, 0.29) is 24.5 Å². The van der Waals surface area contributed by atoms with Gasteiger partial charge in [0.05, 0.1) is 23.9 Å². The number of hydrogen-bond donors (Lipinski definition) is 2. The third kappa shape index (κ3) is 7.95. The number of nitrogens with one attached hydrogen (secondary N) is 1. The zero-order valence-electron chi connectivity index (χ0n) is 24.4. The summed E-state index contributed by atoms with van der Waals surface area (Å²) >= 11 is 1.12. The van der Waals surface area contributed by atoms with Crippen LogP contribution in [0.3, 0.4) is 0 Å². The number of esters is 1. The first-order valence-corrected chi connectivity index (χ1v) is 14.9. The number of hydrogen-bond acceptors (Lipinski definition) is 9. The van der Waals surface area contributed by atoms with Gasteiger partial charge < -0.3 is 24.7 Å². The Kier molecular flexibility index (Phi) is 10.2. The van der Waals surface area contributed by atoms with Crippen molar-refractivity contribution in [3.8, 4) is 5.75 Å². The smallest absolute Gasteiger partial charge is 0.408 e. The molecule has 1 heterocycles. The molecule has 5 rings (SSSR count). The van der Waals surface area contributed by atoms with Crippen molar-refractivity contribution in [3.63, 3.8) is 0 Å². The van der Waals surface area contributed by atoms with Crippen LogP contribution in [0.1, 0.15) is 22.3 Å². The Morgan fingerprint density at radius 2 is 1.62 bits per heavy atom. The predicted molar refractivity (Wildman–Crippen MR) is 171 cm³/mol. The van der Waals surface area contributed by atoms with Crippen molar-refractivity contribution in [1.29, 1.82) is 0 Å². The highest BCUT2D eigenvalue weighted by atomic mass is 32.1. The number of fused-ring (bicyclic) bond motifs is 1. The molecule has 10 nitrogen and oxygen atoms in total. The predicted octanol–water partition coefficient (Wildman–Crippen LogP) is 5.38. The Hall–Kier alpha value is -5.42. The van der Waals surface area contributed by atoms with Gasteiger partial charge in [-0.25, -0.2) is 9.59 Å². The zero-order valence-corrected chi connectivity index (χ0v) is 25.2. The molecule has 0 saturated carbocycles. The van der Waals surface area contributed by atoms with E-state index in [1.54, 1.807) is 28.8 Å². The van der Waals surface area contributed by atoms with Crippen molar-refractivity contribution in [2.75, 3.05) is 13.7 Å². The third-order valence-corrected chi connectivity index (χ3v) is 7.97. The second-order valence-corrected chi connectivity index (χ2v) is 11.0. The molecule has 0 aliphatic rings. The van der Waals surface area contributed by atoms with E-state index in [0.29, 0.717) is 23.6 Å². The Morgan fingerprint density at radius 1 is 0.911 bits per heavy atom. The van der Waals surface area contributed by atoms with Gasteiger partial charge >= 0.3 is 16.9 Å². The summed E-state index contributed by atoms with van der Waals surface area (Å²) in [6, 6.07) is 30.3. The number of ether oxygens (including phenoxy) is 3. The molecule has 0 aliphatic heterocycles. The van der Waals surface area contributed by atoms with Crippen LogP contribution in [-0.4, -0.2) is 47.3 Å². The van der Waals surface area contributed by atoms with Gasteiger partial charge in [-0.15, -0.1) is 0 Å². The third-order valence-electron chi connectivity index (χ3n) is 7.03. The Labute approximate surface area is 263 Å². The lowest BCUT2D eigenvalue weighted by atomic mass is 10.0. The quantitative estimate of drug-likeness (QED) is 0.0825. The molecule has 0 radical (unpaired) electrons. The molecular weight excluding hydrogens is 594 g/mol. The largest absolute Gasteiger partial charge is 0.492 e. The number of alkyl carbamates (subject to hydrolysis) is 1. The first kappa shape index (κ1) is 31.0. The van der Waals surface area contributed by atoms with Crippen LogP contribution in [0.2, 0.25) is 0 Å². The van der Waals surface area contributed by atoms with Crippen molar-refractivity contribution >= 4 is 39.3 Å². The minimum absolute atomic E-state index is 0.0780. The van der Waals surface area contributed by atoms with E-state index in [0.717, 1.165) is 38.2 Å². The molecule has 0 spiro atoms. The van der Waals surface area contributed by atoms with E-state index in [4.69, 9.17) is 14.2 Å². The number of nitrogens with zero attached hydrogens (tertiary/aromatic N) is 2. The molecule has 2 N–H and O–H groups in total. The average Bonchev–Trinajstić information content (AvgIpc) is 3.39. The van der Waals surface area contributed by atoms with Gasteiger partial charge in [0, 0.05) is 17.5 Å². The fraction of sp³-hybridized carbons (Fsp3) is 0.176. The fourth-order valence-electron chi connectivity index (χ4n) is 4.76. The molecule has 0 saturated heterocycles. The molecule has 1 atom stereocenters. The minimum Gasteiger partial charge on any atom is -0.492 e. The van der Waals surface area contributed by atoms with Gasteiger partial charge in [0.25, 0.3) is 0 Å². The molecule has 4 aromatic carbocycles. The Bertz CT molecular complexity index is 1840. The molecule has 1 aromatic heterocycles. The van der Waals surface area contributed by atoms with Crippen molar-refractivity contribution in [1.82, 2.24) is 9.88 Å². The molecule has 11 heteroatoms. The molecule has 0 aliphatic carbocycles. The van der Waals surface area contributed by atoms with E-state index in [2.05, 4.69) is 10.5 Å². The van der Waals surface area contributed by atoms with E-state index in [1.807, 2.05) is 78.9 Å².